The van der Waals surface area contributed by atoms with Crippen LogP contribution in [0.25, 0.3) is 209 Å². The van der Waals surface area contributed by atoms with Crippen LogP contribution in [0.4, 0.5) is 0 Å². The molecule has 23 rings (SSSR count). The van der Waals surface area contributed by atoms with Gasteiger partial charge >= 0.3 is 0 Å². The highest BCUT2D eigenvalue weighted by atomic mass is 15.0. The van der Waals surface area contributed by atoms with E-state index in [0.29, 0.717) is 0 Å². The van der Waals surface area contributed by atoms with Gasteiger partial charge in [-0.2, -0.15) is 0 Å². The molecule has 0 fully saturated rings. The summed E-state index contributed by atoms with van der Waals surface area (Å²) in [6, 6.07) is 151. The van der Waals surface area contributed by atoms with Crippen molar-refractivity contribution in [1.82, 2.24) is 18.3 Å². The van der Waals surface area contributed by atoms with E-state index in [-0.39, 0.29) is 0 Å². The molecule has 4 aromatic heterocycles. The van der Waals surface area contributed by atoms with E-state index in [2.05, 4.69) is 431 Å². The third kappa shape index (κ3) is 10.2. The molecular weight excluding hydrogens is 1330 g/mol. The summed E-state index contributed by atoms with van der Waals surface area (Å²) >= 11 is 0. The summed E-state index contributed by atoms with van der Waals surface area (Å²) in [6.07, 6.45) is 0. The maximum absolute atomic E-state index is 2.44. The molecule has 19 aromatic carbocycles. The van der Waals surface area contributed by atoms with Crippen molar-refractivity contribution in [1.29, 1.82) is 0 Å². The van der Waals surface area contributed by atoms with Crippen LogP contribution < -0.4 is 0 Å². The molecule has 0 unspecified atom stereocenters. The Balaban J connectivity index is 0.000000136. The molecule has 0 atom stereocenters. The number of rotatable bonds is 9. The van der Waals surface area contributed by atoms with Crippen LogP contribution in [0.15, 0.2) is 413 Å². The van der Waals surface area contributed by atoms with E-state index in [9.17, 15) is 0 Å². The SMILES string of the molecule is c1ccc(-c2cccc(-n3c4ccccc4c4cc(-c5ccc6c(c5)c5ccccc5n6-c5ccc6c7ccccc7c7ccccc7c6c5)ccc43)c2)cc1.c1ccc(-c2cccc(-n3c4ccccc4c4cc(-c5ccc6c(c5)c5ccccc5n6-c5ccccc5-c5ccc6ccccc6c5)ccc43)c2)cc1. The lowest BCUT2D eigenvalue weighted by Crippen LogP contribution is -1.97. The first-order valence-corrected chi connectivity index (χ1v) is 37.9. The van der Waals surface area contributed by atoms with Crippen molar-refractivity contribution in [2.24, 2.45) is 0 Å². The monoisotopic (exact) mass is 1400 g/mol. The average molecular weight is 1400 g/mol. The van der Waals surface area contributed by atoms with Gasteiger partial charge in [-0.15, -0.1) is 0 Å². The van der Waals surface area contributed by atoms with E-state index in [1.54, 1.807) is 0 Å². The summed E-state index contributed by atoms with van der Waals surface area (Å²) in [6.45, 7) is 0. The maximum Gasteiger partial charge on any atom is 0.0541 e. The molecule has 0 aliphatic carbocycles. The molecule has 0 aliphatic rings. The van der Waals surface area contributed by atoms with Crippen LogP contribution in [-0.4, -0.2) is 18.3 Å². The van der Waals surface area contributed by atoms with Gasteiger partial charge < -0.3 is 18.3 Å². The van der Waals surface area contributed by atoms with Crippen molar-refractivity contribution in [2.45, 2.75) is 0 Å². The van der Waals surface area contributed by atoms with Crippen LogP contribution >= 0.6 is 0 Å². The zero-order valence-electron chi connectivity index (χ0n) is 60.0. The second-order valence-corrected chi connectivity index (χ2v) is 29.1. The molecule has 0 radical (unpaired) electrons. The molecule has 0 saturated heterocycles. The van der Waals surface area contributed by atoms with Gasteiger partial charge in [-0.1, -0.05) is 291 Å². The fourth-order valence-corrected chi connectivity index (χ4v) is 17.9. The van der Waals surface area contributed by atoms with Crippen LogP contribution in [0.5, 0.6) is 0 Å². The van der Waals surface area contributed by atoms with Gasteiger partial charge in [0.25, 0.3) is 0 Å². The van der Waals surface area contributed by atoms with Gasteiger partial charge in [-0.05, 0) is 214 Å². The number of fused-ring (bicyclic) bond motifs is 19. The molecule has 23 aromatic rings. The van der Waals surface area contributed by atoms with Crippen molar-refractivity contribution >= 4 is 130 Å². The van der Waals surface area contributed by atoms with Gasteiger partial charge in [0, 0.05) is 65.7 Å². The van der Waals surface area contributed by atoms with Gasteiger partial charge in [0.15, 0.2) is 0 Å². The third-order valence-electron chi connectivity index (χ3n) is 23.0. The average Bonchev–Trinajstić information content (AvgIpc) is 1.55. The Labute approximate surface area is 635 Å². The van der Waals surface area contributed by atoms with E-state index < -0.39 is 0 Å². The largest absolute Gasteiger partial charge is 0.309 e. The first-order valence-electron chi connectivity index (χ1n) is 37.9. The van der Waals surface area contributed by atoms with E-state index >= 15 is 0 Å². The number of aromatic nitrogens is 4. The number of nitrogens with zero attached hydrogens (tertiary/aromatic N) is 4. The highest BCUT2D eigenvalue weighted by Crippen LogP contribution is 2.45. The molecule has 4 heterocycles. The molecule has 0 bridgehead atoms. The molecule has 0 aliphatic heterocycles. The molecule has 0 saturated carbocycles. The Morgan fingerprint density at radius 3 is 0.891 bits per heavy atom. The summed E-state index contributed by atoms with van der Waals surface area (Å²) < 4.78 is 9.70. The van der Waals surface area contributed by atoms with Crippen LogP contribution in [-0.2, 0) is 0 Å². The molecule has 0 N–H and O–H groups in total. The lowest BCUT2D eigenvalue weighted by Gasteiger charge is -2.15. The second kappa shape index (κ2) is 25.6. The highest BCUT2D eigenvalue weighted by molar-refractivity contribution is 6.26. The zero-order chi connectivity index (χ0) is 72.3. The van der Waals surface area contributed by atoms with Crippen molar-refractivity contribution in [3.05, 3.63) is 413 Å². The topological polar surface area (TPSA) is 19.7 Å². The molecule has 4 heteroatoms. The maximum atomic E-state index is 2.44. The van der Waals surface area contributed by atoms with E-state index in [4.69, 9.17) is 0 Å². The van der Waals surface area contributed by atoms with Crippen LogP contribution in [0.3, 0.4) is 0 Å². The van der Waals surface area contributed by atoms with Gasteiger partial charge in [-0.3, -0.25) is 0 Å². The van der Waals surface area contributed by atoms with Gasteiger partial charge in [0.1, 0.15) is 0 Å². The third-order valence-corrected chi connectivity index (χ3v) is 23.0. The zero-order valence-corrected chi connectivity index (χ0v) is 60.0. The van der Waals surface area contributed by atoms with Gasteiger partial charge in [0.05, 0.1) is 49.8 Å². The standard InChI is InChI=1S/C54H34N2.C52H34N2/c1-2-13-35(14-3-1)36-15-12-16-39(31-36)55-51-23-10-8-21-46(51)49-32-37(25-29-53(49)55)38-26-30-54-50(33-38)47-22-9-11-24-52(47)56(54)40-27-28-45-43-19-5-4-17-41(43)42-18-6-7-20-44(42)48(45)34-40;1-2-13-35(14-3-1)38-17-12-18-42(32-38)53-49-23-10-7-20-44(49)46-33-39(27-29-51(46)53)40-28-30-52-47(34-40)45-21-8-11-24-50(45)54(52)48-22-9-6-19-43(48)41-26-25-36-15-4-5-16-37(36)31-41/h1-34H;1-34H. The lowest BCUT2D eigenvalue weighted by molar-refractivity contribution is 1.18. The minimum Gasteiger partial charge on any atom is -0.309 e. The fraction of sp³-hybridized carbons (Fsp3) is 0. The number of hydrogen-bond acceptors (Lipinski definition) is 0. The van der Waals surface area contributed by atoms with E-state index in [0.717, 1.165) is 11.4 Å². The second-order valence-electron chi connectivity index (χ2n) is 29.1. The smallest absolute Gasteiger partial charge is 0.0541 e. The predicted octanol–water partition coefficient (Wildman–Crippen LogP) is 28.7. The molecule has 110 heavy (non-hydrogen) atoms. The van der Waals surface area contributed by atoms with Gasteiger partial charge in [-0.25, -0.2) is 0 Å². The summed E-state index contributed by atoms with van der Waals surface area (Å²) in [5, 5.41) is 20.2. The van der Waals surface area contributed by atoms with Crippen molar-refractivity contribution in [3.63, 3.8) is 0 Å². The lowest BCUT2D eigenvalue weighted by atomic mass is 9.94. The Hall–Kier alpha value is -14.6. The molecule has 512 valence electrons. The molecular formula is C106H68N4. The Bertz CT molecular complexity index is 7620. The van der Waals surface area contributed by atoms with Crippen LogP contribution in [0, 0.1) is 0 Å². The minimum absolute atomic E-state index is 1.16. The predicted molar refractivity (Wildman–Crippen MR) is 467 cm³/mol. The van der Waals surface area contributed by atoms with Crippen LogP contribution in [0.2, 0.25) is 0 Å². The summed E-state index contributed by atoms with van der Waals surface area (Å²) in [4.78, 5) is 0. The first-order chi connectivity index (χ1) is 54.6. The van der Waals surface area contributed by atoms with Crippen LogP contribution in [0.1, 0.15) is 0 Å². The Morgan fingerprint density at radius 2 is 0.436 bits per heavy atom. The quantitative estimate of drug-likeness (QED) is 0.128. The van der Waals surface area contributed by atoms with Crippen molar-refractivity contribution in [2.75, 3.05) is 0 Å². The normalized spacial score (nSPS) is 11.8. The highest BCUT2D eigenvalue weighted by Gasteiger charge is 2.22. The molecule has 0 amide bonds. The summed E-state index contributed by atoms with van der Waals surface area (Å²) in [7, 11) is 0. The molecule has 0 spiro atoms. The fourth-order valence-electron chi connectivity index (χ4n) is 17.9. The van der Waals surface area contributed by atoms with Gasteiger partial charge in [0.2, 0.25) is 0 Å². The number of hydrogen-bond donors (Lipinski definition) is 0. The summed E-state index contributed by atoms with van der Waals surface area (Å²) in [5.74, 6) is 0. The van der Waals surface area contributed by atoms with E-state index in [1.807, 2.05) is 0 Å². The summed E-state index contributed by atoms with van der Waals surface area (Å²) in [5.41, 5.74) is 26.4. The van der Waals surface area contributed by atoms with E-state index in [1.165, 1.54) is 197 Å². The molecule has 4 nitrogen and oxygen atoms in total. The van der Waals surface area contributed by atoms with Crippen molar-refractivity contribution in [3.8, 4) is 78.4 Å². The van der Waals surface area contributed by atoms with Crippen molar-refractivity contribution < 1.29 is 0 Å². The number of benzene rings is 19. The Morgan fingerprint density at radius 1 is 0.127 bits per heavy atom. The minimum atomic E-state index is 1.16. The Kier molecular flexibility index (Phi) is 14.6. The first kappa shape index (κ1) is 62.8. The number of para-hydroxylation sites is 5.